The molecule has 0 unspecified atom stereocenters. The molecule has 4 nitrogen and oxygen atoms in total. The number of fused-ring (bicyclic) bond motifs is 3. The van der Waals surface area contributed by atoms with Gasteiger partial charge in [-0.25, -0.2) is 9.40 Å². The predicted octanol–water partition coefficient (Wildman–Crippen LogP) is 5.73. The first kappa shape index (κ1) is 18.0. The maximum Gasteiger partial charge on any atom is 0.213 e. The average molecular weight is 409 g/mol. The van der Waals surface area contributed by atoms with Gasteiger partial charge in [0.05, 0.1) is 23.9 Å². The minimum Gasteiger partial charge on any atom is -0.497 e. The lowest BCUT2D eigenvalue weighted by Gasteiger charge is -2.38. The first-order chi connectivity index (χ1) is 14.1. The Morgan fingerprint density at radius 1 is 1.10 bits per heavy atom. The predicted molar refractivity (Wildman–Crippen MR) is 110 cm³/mol. The molecular weight excluding hydrogens is 391 g/mol. The number of ether oxygens (including phenoxy) is 2. The van der Waals surface area contributed by atoms with Crippen molar-refractivity contribution in [1.82, 2.24) is 5.01 Å². The third-order valence-corrected chi connectivity index (χ3v) is 5.66. The standard InChI is InChI=1S/C23H18ClFN2O2/c1-28-16-9-6-14(7-10-16)20-13-21-17-4-2-3-5-22(17)29-23(27(21)26-20)15-8-11-18(24)19(25)12-15/h2-12,21,23H,13H2,1H3/t21-,23+/m0/s1. The first-order valence-corrected chi connectivity index (χ1v) is 9.72. The Bertz CT molecular complexity index is 1100. The molecule has 0 radical (unpaired) electrons. The molecule has 3 aromatic rings. The number of nitrogens with zero attached hydrogens (tertiary/aromatic N) is 2. The van der Waals surface area contributed by atoms with Crippen LogP contribution < -0.4 is 9.47 Å². The van der Waals surface area contributed by atoms with Gasteiger partial charge in [0.1, 0.15) is 17.3 Å². The number of para-hydroxylation sites is 1. The van der Waals surface area contributed by atoms with Gasteiger partial charge in [-0.3, -0.25) is 0 Å². The zero-order chi connectivity index (χ0) is 20.0. The summed E-state index contributed by atoms with van der Waals surface area (Å²) in [6, 6.07) is 20.5. The third-order valence-electron chi connectivity index (χ3n) is 5.35. The highest BCUT2D eigenvalue weighted by Crippen LogP contribution is 2.47. The van der Waals surface area contributed by atoms with E-state index in [9.17, 15) is 4.39 Å². The van der Waals surface area contributed by atoms with Gasteiger partial charge in [0.2, 0.25) is 6.23 Å². The lowest BCUT2D eigenvalue weighted by atomic mass is 9.96. The van der Waals surface area contributed by atoms with Crippen LogP contribution in [0, 0.1) is 5.82 Å². The SMILES string of the molecule is COc1ccc(C2=NN3[C@@H](c4ccc(Cl)c(F)c4)Oc4ccccc4[C@@H]3C2)cc1. The number of hydrogen-bond donors (Lipinski definition) is 0. The van der Waals surface area contributed by atoms with Crippen LogP contribution in [0.2, 0.25) is 5.02 Å². The zero-order valence-corrected chi connectivity index (χ0v) is 16.4. The lowest BCUT2D eigenvalue weighted by molar-refractivity contribution is -0.0192. The van der Waals surface area contributed by atoms with E-state index < -0.39 is 12.0 Å². The van der Waals surface area contributed by atoms with E-state index in [4.69, 9.17) is 26.2 Å². The van der Waals surface area contributed by atoms with Crippen molar-refractivity contribution in [1.29, 1.82) is 0 Å². The van der Waals surface area contributed by atoms with E-state index in [1.54, 1.807) is 19.2 Å². The molecule has 2 aliphatic heterocycles. The molecule has 0 aliphatic carbocycles. The van der Waals surface area contributed by atoms with Gasteiger partial charge in [-0.05, 0) is 48.0 Å². The van der Waals surface area contributed by atoms with Gasteiger partial charge in [-0.15, -0.1) is 0 Å². The summed E-state index contributed by atoms with van der Waals surface area (Å²) in [6.07, 6.45) is 0.205. The molecule has 2 atom stereocenters. The monoisotopic (exact) mass is 408 g/mol. The molecule has 0 fully saturated rings. The molecule has 0 amide bonds. The number of rotatable bonds is 3. The van der Waals surface area contributed by atoms with Crippen LogP contribution in [-0.4, -0.2) is 17.8 Å². The second-order valence-electron chi connectivity index (χ2n) is 7.06. The van der Waals surface area contributed by atoms with Gasteiger partial charge >= 0.3 is 0 Å². The zero-order valence-electron chi connectivity index (χ0n) is 15.7. The topological polar surface area (TPSA) is 34.1 Å². The highest BCUT2D eigenvalue weighted by atomic mass is 35.5. The fraction of sp³-hybridized carbons (Fsp3) is 0.174. The van der Waals surface area contributed by atoms with E-state index in [2.05, 4.69) is 6.07 Å². The fourth-order valence-corrected chi connectivity index (χ4v) is 4.00. The number of benzene rings is 3. The summed E-state index contributed by atoms with van der Waals surface area (Å²) >= 11 is 5.87. The third kappa shape index (κ3) is 3.12. The smallest absolute Gasteiger partial charge is 0.213 e. The molecule has 0 aromatic heterocycles. The van der Waals surface area contributed by atoms with Crippen LogP contribution in [0.5, 0.6) is 11.5 Å². The van der Waals surface area contributed by atoms with E-state index in [-0.39, 0.29) is 11.1 Å². The molecule has 146 valence electrons. The van der Waals surface area contributed by atoms with Gasteiger partial charge in [-0.2, -0.15) is 5.10 Å². The Kier molecular flexibility index (Phi) is 4.40. The molecule has 0 saturated heterocycles. The highest BCUT2D eigenvalue weighted by Gasteiger charge is 2.41. The van der Waals surface area contributed by atoms with Gasteiger partial charge < -0.3 is 9.47 Å². The molecule has 0 spiro atoms. The van der Waals surface area contributed by atoms with Crippen LogP contribution in [-0.2, 0) is 0 Å². The highest BCUT2D eigenvalue weighted by molar-refractivity contribution is 6.30. The van der Waals surface area contributed by atoms with Crippen molar-refractivity contribution in [2.45, 2.75) is 18.7 Å². The minimum absolute atomic E-state index is 0.0146. The minimum atomic E-state index is -0.530. The fourth-order valence-electron chi connectivity index (χ4n) is 3.88. The summed E-state index contributed by atoms with van der Waals surface area (Å²) in [4.78, 5) is 0. The van der Waals surface area contributed by atoms with Gasteiger partial charge in [0.15, 0.2) is 0 Å². The molecule has 3 aromatic carbocycles. The van der Waals surface area contributed by atoms with Crippen LogP contribution in [0.4, 0.5) is 4.39 Å². The normalized spacial score (nSPS) is 19.8. The largest absolute Gasteiger partial charge is 0.497 e. The molecule has 29 heavy (non-hydrogen) atoms. The van der Waals surface area contributed by atoms with Crippen LogP contribution in [0.15, 0.2) is 71.8 Å². The van der Waals surface area contributed by atoms with Gasteiger partial charge in [0.25, 0.3) is 0 Å². The van der Waals surface area contributed by atoms with Crippen molar-refractivity contribution < 1.29 is 13.9 Å². The van der Waals surface area contributed by atoms with Crippen molar-refractivity contribution in [3.8, 4) is 11.5 Å². The quantitative estimate of drug-likeness (QED) is 0.555. The molecule has 5 rings (SSSR count). The Balaban J connectivity index is 1.57. The van der Waals surface area contributed by atoms with Crippen LogP contribution in [0.1, 0.15) is 35.4 Å². The summed E-state index contributed by atoms with van der Waals surface area (Å²) in [6.45, 7) is 0. The Hall–Kier alpha value is -3.05. The molecule has 2 aliphatic rings. The molecular formula is C23H18ClFN2O2. The molecule has 6 heteroatoms. The van der Waals surface area contributed by atoms with Crippen molar-refractivity contribution in [3.63, 3.8) is 0 Å². The van der Waals surface area contributed by atoms with E-state index in [1.807, 2.05) is 47.5 Å². The van der Waals surface area contributed by atoms with Crippen molar-refractivity contribution in [3.05, 3.63) is 94.3 Å². The number of halogens is 2. The summed E-state index contributed by atoms with van der Waals surface area (Å²) in [7, 11) is 1.65. The van der Waals surface area contributed by atoms with E-state index in [0.29, 0.717) is 5.56 Å². The van der Waals surface area contributed by atoms with Crippen molar-refractivity contribution in [2.75, 3.05) is 7.11 Å². The molecule has 0 saturated carbocycles. The number of methoxy groups -OCH3 is 1. The second-order valence-corrected chi connectivity index (χ2v) is 7.46. The van der Waals surface area contributed by atoms with Gasteiger partial charge in [0, 0.05) is 17.5 Å². The van der Waals surface area contributed by atoms with E-state index in [1.165, 1.54) is 6.07 Å². The first-order valence-electron chi connectivity index (χ1n) is 9.35. The molecule has 0 N–H and O–H groups in total. The van der Waals surface area contributed by atoms with Crippen LogP contribution in [0.3, 0.4) is 0 Å². The Morgan fingerprint density at radius 2 is 1.90 bits per heavy atom. The molecule has 2 heterocycles. The summed E-state index contributed by atoms with van der Waals surface area (Å²) < 4.78 is 25.6. The number of hydrazone groups is 1. The molecule has 0 bridgehead atoms. The average Bonchev–Trinajstić information content (AvgIpc) is 3.21. The van der Waals surface area contributed by atoms with Gasteiger partial charge in [-0.1, -0.05) is 35.9 Å². The van der Waals surface area contributed by atoms with Crippen LogP contribution >= 0.6 is 11.6 Å². The maximum atomic E-state index is 14.1. The summed E-state index contributed by atoms with van der Waals surface area (Å²) in [5, 5.41) is 6.88. The number of hydrogen-bond acceptors (Lipinski definition) is 4. The summed E-state index contributed by atoms with van der Waals surface area (Å²) in [5.41, 5.74) is 3.73. The second kappa shape index (κ2) is 7.08. The van der Waals surface area contributed by atoms with E-state index in [0.717, 1.165) is 34.8 Å². The summed E-state index contributed by atoms with van der Waals surface area (Å²) in [5.74, 6) is 1.12. The Morgan fingerprint density at radius 3 is 2.66 bits per heavy atom. The maximum absolute atomic E-state index is 14.1. The lowest BCUT2D eigenvalue weighted by Crippen LogP contribution is -2.33. The van der Waals surface area contributed by atoms with Crippen molar-refractivity contribution >= 4 is 17.3 Å². The van der Waals surface area contributed by atoms with Crippen LogP contribution in [0.25, 0.3) is 0 Å². The van der Waals surface area contributed by atoms with Crippen molar-refractivity contribution in [2.24, 2.45) is 5.10 Å². The van der Waals surface area contributed by atoms with E-state index >= 15 is 0 Å². The Labute approximate surface area is 173 Å².